The van der Waals surface area contributed by atoms with E-state index in [0.29, 0.717) is 5.92 Å². The maximum Gasteiger partial charge on any atom is 0.0651 e. The predicted octanol–water partition coefficient (Wildman–Crippen LogP) is 7.84. The molecule has 37 heavy (non-hydrogen) atoms. The molecule has 0 spiro atoms. The SMILES string of the molecule is CCC1(CC)CCCC2CC(CC)(CC)C(O)C2C1O.[Ir].[c-]1ccccc1-c1cc2ccccc2cn1. The first-order chi connectivity index (χ1) is 17.4. The quantitative estimate of drug-likeness (QED) is 0.271. The van der Waals surface area contributed by atoms with E-state index in [4.69, 9.17) is 0 Å². The van der Waals surface area contributed by atoms with Crippen molar-refractivity contribution in [3.8, 4) is 11.3 Å². The van der Waals surface area contributed by atoms with Crippen LogP contribution in [0, 0.1) is 28.7 Å². The van der Waals surface area contributed by atoms with Gasteiger partial charge in [0.25, 0.3) is 0 Å². The Morgan fingerprint density at radius 3 is 2.11 bits per heavy atom. The molecule has 2 aliphatic rings. The second kappa shape index (κ2) is 13.0. The van der Waals surface area contributed by atoms with Crippen molar-refractivity contribution in [2.24, 2.45) is 22.7 Å². The largest absolute Gasteiger partial charge is 0.392 e. The van der Waals surface area contributed by atoms with Gasteiger partial charge in [0.05, 0.1) is 12.2 Å². The van der Waals surface area contributed by atoms with E-state index in [1.165, 1.54) is 23.6 Å². The molecule has 3 nitrogen and oxygen atoms in total. The Balaban J connectivity index is 0.000000204. The van der Waals surface area contributed by atoms with E-state index in [-0.39, 0.29) is 49.1 Å². The van der Waals surface area contributed by atoms with Gasteiger partial charge in [-0.2, -0.15) is 0 Å². The molecule has 1 radical (unpaired) electrons. The molecule has 2 N–H and O–H groups in total. The van der Waals surface area contributed by atoms with Gasteiger partial charge >= 0.3 is 0 Å². The molecule has 0 aliphatic heterocycles. The fourth-order valence-electron chi connectivity index (χ4n) is 7.20. The van der Waals surface area contributed by atoms with Gasteiger partial charge in [-0.1, -0.05) is 64.4 Å². The monoisotopic (exact) mass is 679 g/mol. The maximum absolute atomic E-state index is 11.1. The normalized spacial score (nSPS) is 25.8. The van der Waals surface area contributed by atoms with Gasteiger partial charge in [-0.25, -0.2) is 0 Å². The van der Waals surface area contributed by atoms with Crippen LogP contribution in [0.25, 0.3) is 22.0 Å². The van der Waals surface area contributed by atoms with Gasteiger partial charge < -0.3 is 15.2 Å². The van der Waals surface area contributed by atoms with Crippen LogP contribution >= 0.6 is 0 Å². The van der Waals surface area contributed by atoms with Crippen molar-refractivity contribution in [1.82, 2.24) is 4.98 Å². The van der Waals surface area contributed by atoms with Crippen molar-refractivity contribution >= 4 is 10.8 Å². The van der Waals surface area contributed by atoms with Crippen molar-refractivity contribution in [2.75, 3.05) is 0 Å². The Labute approximate surface area is 237 Å². The molecule has 1 heterocycles. The number of hydrogen-bond donors (Lipinski definition) is 2. The number of nitrogens with zero attached hydrogens (tertiary/aromatic N) is 1. The molecule has 2 aliphatic carbocycles. The van der Waals surface area contributed by atoms with Crippen LogP contribution in [-0.4, -0.2) is 27.4 Å². The minimum atomic E-state index is -0.319. The van der Waals surface area contributed by atoms with Gasteiger partial charge in [0.15, 0.2) is 0 Å². The van der Waals surface area contributed by atoms with Gasteiger partial charge in [-0.05, 0) is 78.2 Å². The van der Waals surface area contributed by atoms with E-state index in [1.807, 2.05) is 42.6 Å². The van der Waals surface area contributed by atoms with Crippen LogP contribution in [0.1, 0.15) is 79.1 Å². The Hall–Kier alpha value is -1.58. The number of aliphatic hydroxyl groups excluding tert-OH is 2. The third kappa shape index (κ3) is 5.88. The molecule has 1 aromatic heterocycles. The maximum atomic E-state index is 11.1. The summed E-state index contributed by atoms with van der Waals surface area (Å²) in [5, 5.41) is 24.5. The van der Waals surface area contributed by atoms with Crippen LogP contribution in [-0.2, 0) is 20.1 Å². The molecule has 4 heteroatoms. The summed E-state index contributed by atoms with van der Waals surface area (Å²) in [6.45, 7) is 8.83. The zero-order chi connectivity index (χ0) is 25.8. The van der Waals surface area contributed by atoms with Gasteiger partial charge in [-0.15, -0.1) is 35.9 Å². The smallest absolute Gasteiger partial charge is 0.0651 e. The average Bonchev–Trinajstić information content (AvgIpc) is 3.14. The van der Waals surface area contributed by atoms with Gasteiger partial charge in [-0.3, -0.25) is 0 Å². The number of rotatable bonds is 5. The zero-order valence-electron chi connectivity index (χ0n) is 22.9. The number of benzene rings is 2. The minimum absolute atomic E-state index is 0. The molecule has 0 bridgehead atoms. The second-order valence-corrected chi connectivity index (χ2v) is 11.2. The van der Waals surface area contributed by atoms with Crippen molar-refractivity contribution in [1.29, 1.82) is 0 Å². The van der Waals surface area contributed by atoms with Crippen LogP contribution in [0.3, 0.4) is 0 Å². The predicted molar refractivity (Wildman–Crippen MR) is 150 cm³/mol. The van der Waals surface area contributed by atoms with E-state index in [2.05, 4.69) is 56.9 Å². The summed E-state index contributed by atoms with van der Waals surface area (Å²) in [5.41, 5.74) is 2.10. The fourth-order valence-corrected chi connectivity index (χ4v) is 7.20. The third-order valence-electron chi connectivity index (χ3n) is 9.88. The second-order valence-electron chi connectivity index (χ2n) is 11.2. The molecule has 0 saturated heterocycles. The summed E-state index contributed by atoms with van der Waals surface area (Å²) in [4.78, 5) is 4.45. The molecule has 3 aromatic rings. The van der Waals surface area contributed by atoms with Crippen molar-refractivity contribution < 1.29 is 30.3 Å². The van der Waals surface area contributed by atoms with Crippen LogP contribution < -0.4 is 0 Å². The molecule has 4 atom stereocenters. The summed E-state index contributed by atoms with van der Waals surface area (Å²) in [7, 11) is 0. The zero-order valence-corrected chi connectivity index (χ0v) is 25.3. The molecule has 5 rings (SSSR count). The minimum Gasteiger partial charge on any atom is -0.392 e. The van der Waals surface area contributed by atoms with Gasteiger partial charge in [0.2, 0.25) is 0 Å². The van der Waals surface area contributed by atoms with Crippen molar-refractivity contribution in [2.45, 2.75) is 91.3 Å². The molecular formula is C33H44IrNO2-. The van der Waals surface area contributed by atoms with E-state index in [0.717, 1.165) is 49.8 Å². The van der Waals surface area contributed by atoms with Crippen LogP contribution in [0.4, 0.5) is 0 Å². The number of aromatic nitrogens is 1. The van der Waals surface area contributed by atoms with E-state index in [1.54, 1.807) is 0 Å². The van der Waals surface area contributed by atoms with Gasteiger partial charge in [0.1, 0.15) is 0 Å². The summed E-state index contributed by atoms with van der Waals surface area (Å²) in [6, 6.07) is 21.4. The summed E-state index contributed by atoms with van der Waals surface area (Å²) < 4.78 is 0. The number of pyridine rings is 1. The molecule has 2 fully saturated rings. The topological polar surface area (TPSA) is 53.4 Å². The molecule has 4 unspecified atom stereocenters. The molecular weight excluding hydrogens is 635 g/mol. The Kier molecular flexibility index (Phi) is 10.5. The number of hydrogen-bond acceptors (Lipinski definition) is 3. The van der Waals surface area contributed by atoms with E-state index < -0.39 is 0 Å². The van der Waals surface area contributed by atoms with Crippen LogP contribution in [0.5, 0.6) is 0 Å². The van der Waals surface area contributed by atoms with E-state index in [9.17, 15) is 10.2 Å². The number of aliphatic hydroxyl groups is 2. The molecule has 0 amide bonds. The first kappa shape index (κ1) is 30.0. The number of fused-ring (bicyclic) bond motifs is 2. The van der Waals surface area contributed by atoms with Crippen LogP contribution in [0.2, 0.25) is 0 Å². The van der Waals surface area contributed by atoms with Crippen molar-refractivity contribution in [3.63, 3.8) is 0 Å². The standard InChI is InChI=1S/C18H34O2.C15H10N.Ir/c1-5-17(6-2)11-9-10-13-12-18(7-3,8-4)16(20)14(13)15(17)19;1-2-6-12(7-3-1)15-10-13-8-4-5-9-14(13)11-16-15;/h13-16,19-20H,5-12H2,1-4H3;1-6,8-11H;/q;-1;. The third-order valence-corrected chi connectivity index (χ3v) is 9.88. The first-order valence-electron chi connectivity index (χ1n) is 14.1. The Morgan fingerprint density at radius 2 is 1.49 bits per heavy atom. The summed E-state index contributed by atoms with van der Waals surface area (Å²) >= 11 is 0. The molecule has 203 valence electrons. The molecule has 2 saturated carbocycles. The summed E-state index contributed by atoms with van der Waals surface area (Å²) in [6.07, 6.45) is 10.1. The molecule has 2 aromatic carbocycles. The first-order valence-corrected chi connectivity index (χ1v) is 14.1. The van der Waals surface area contributed by atoms with E-state index >= 15 is 0 Å². The average molecular weight is 679 g/mol. The van der Waals surface area contributed by atoms with Crippen molar-refractivity contribution in [3.05, 3.63) is 66.9 Å². The Morgan fingerprint density at radius 1 is 0.865 bits per heavy atom. The van der Waals surface area contributed by atoms with Gasteiger partial charge in [0, 0.05) is 32.2 Å². The van der Waals surface area contributed by atoms with Crippen LogP contribution in [0.15, 0.2) is 60.8 Å². The Bertz CT molecular complexity index is 1110. The summed E-state index contributed by atoms with van der Waals surface area (Å²) in [5.74, 6) is 0.636. The fraction of sp³-hybridized carbons (Fsp3) is 0.545.